The Morgan fingerprint density at radius 1 is 0.720 bits per heavy atom. The molecule has 4 amide bonds. The first-order valence-electron chi connectivity index (χ1n) is 30.9. The van der Waals surface area contributed by atoms with Crippen molar-refractivity contribution in [2.45, 2.75) is 114 Å². The maximum atomic E-state index is 17.4. The van der Waals surface area contributed by atoms with E-state index in [0.29, 0.717) is 4.68 Å². The lowest BCUT2D eigenvalue weighted by Gasteiger charge is -2.38. The first-order valence-corrected chi connectivity index (χ1v) is 31.6. The highest BCUT2D eigenvalue weighted by atomic mass is 35.5. The van der Waals surface area contributed by atoms with Gasteiger partial charge < -0.3 is 25.4 Å². The number of halogens is 11. The quantitative estimate of drug-likeness (QED) is 0.0329. The van der Waals surface area contributed by atoms with Crippen LogP contribution in [0.2, 0.25) is 10.0 Å². The molecule has 4 aliphatic rings. The topological polar surface area (TPSA) is 307 Å². The number of nitrogens with one attached hydrogen (secondary N) is 7. The van der Waals surface area contributed by atoms with E-state index in [9.17, 15) is 51.1 Å². The van der Waals surface area contributed by atoms with Crippen molar-refractivity contribution in [2.75, 3.05) is 26.3 Å². The number of benzene rings is 4. The van der Waals surface area contributed by atoms with Gasteiger partial charge in [0, 0.05) is 58.4 Å². The number of hydrogen-bond donors (Lipinski definition) is 7. The third-order valence-corrected chi connectivity index (χ3v) is 18.3. The van der Waals surface area contributed by atoms with Crippen molar-refractivity contribution >= 4 is 59.1 Å². The van der Waals surface area contributed by atoms with Crippen molar-refractivity contribution in [1.82, 2.24) is 80.8 Å². The van der Waals surface area contributed by atoms with Gasteiger partial charge in [-0.2, -0.15) is 37.2 Å². The third kappa shape index (κ3) is 13.6. The average Bonchev–Trinajstić information content (AvgIpc) is 1.56. The van der Waals surface area contributed by atoms with E-state index in [1.807, 2.05) is 5.32 Å². The third-order valence-electron chi connectivity index (χ3n) is 17.6. The first kappa shape index (κ1) is 69.7. The van der Waals surface area contributed by atoms with Crippen LogP contribution in [0.4, 0.5) is 49.1 Å². The number of aromatic amines is 2. The average molecular weight is 1430 g/mol. The molecule has 1 aliphatic carbocycles. The van der Waals surface area contributed by atoms with E-state index in [1.165, 1.54) is 79.4 Å². The van der Waals surface area contributed by atoms with Crippen LogP contribution in [0, 0.1) is 33.3 Å². The van der Waals surface area contributed by atoms with E-state index in [4.69, 9.17) is 37.7 Å². The Labute approximate surface area is 572 Å². The number of guanidine groups is 2. The zero-order valence-corrected chi connectivity index (χ0v) is 55.0. The number of carbonyl (C=O) groups is 4. The molecule has 0 unspecified atom stereocenters. The molecule has 7 N–H and O–H groups in total. The smallest absolute Gasteiger partial charge is 0.411 e. The summed E-state index contributed by atoms with van der Waals surface area (Å²) in [6, 6.07) is 14.7. The molecule has 8 aromatic rings. The Morgan fingerprint density at radius 2 is 1.28 bits per heavy atom. The Hall–Kier alpha value is -10.2. The molecule has 4 aromatic carbocycles. The first-order chi connectivity index (χ1) is 47.1. The zero-order chi connectivity index (χ0) is 71.8. The van der Waals surface area contributed by atoms with Gasteiger partial charge in [-0.1, -0.05) is 94.2 Å². The number of carbonyl (C=O) groups excluding carboxylic acids is 4. The number of H-pyrrole nitrogens is 2. The Morgan fingerprint density at radius 3 is 1.80 bits per heavy atom. The van der Waals surface area contributed by atoms with Crippen LogP contribution in [0.5, 0.6) is 0 Å². The Balaban J connectivity index is 0.885. The number of aromatic nitrogens is 10. The van der Waals surface area contributed by atoms with Crippen LogP contribution in [-0.2, 0) is 36.6 Å². The van der Waals surface area contributed by atoms with Gasteiger partial charge in [0.15, 0.2) is 35.2 Å². The fraction of sp³-hybridized carbons (Fsp3) is 0.369. The van der Waals surface area contributed by atoms with Gasteiger partial charge in [-0.25, -0.2) is 51.8 Å². The Kier molecular flexibility index (Phi) is 18.0. The van der Waals surface area contributed by atoms with E-state index in [1.54, 1.807) is 40.7 Å². The van der Waals surface area contributed by atoms with Crippen molar-refractivity contribution in [3.8, 4) is 45.3 Å². The SMILES string of the molecule is CC(C)(C)C[C@]1(c2ccc(-c3ncccn3)cc2F)NC(=N)N([C@H](COC(=O)NC2(C(F)(F)F)CC2)c2ccc(Cl)c(-c3nc(CC(C)(C)C[C@]4(c5ccc(-c6cnn(C(F)F)c6)cc5F)NC(=N)N([C@H](COC(=O)N5CC(F)(F)C5)c5ccc(Cl)c(-c6ncn[nH]6)c5)C4=O)n[nH]3)c2)C1=O. The van der Waals surface area contributed by atoms with Crippen molar-refractivity contribution in [3.05, 3.63) is 160 Å². The summed E-state index contributed by atoms with van der Waals surface area (Å²) in [6.45, 7) is 2.11. The summed E-state index contributed by atoms with van der Waals surface area (Å²) in [5, 5.41) is 44.4. The van der Waals surface area contributed by atoms with Crippen molar-refractivity contribution in [1.29, 1.82) is 10.8 Å². The van der Waals surface area contributed by atoms with Crippen LogP contribution in [0.25, 0.3) is 45.3 Å². The monoisotopic (exact) mass is 1430 g/mol. The number of ether oxygens (including phenoxy) is 2. The second-order valence-corrected chi connectivity index (χ2v) is 27.7. The van der Waals surface area contributed by atoms with Crippen molar-refractivity contribution in [2.24, 2.45) is 10.8 Å². The standard InChI is InChI=1S/C65H61Cl2F9N18O6/c1-59(2,3)28-63(40-12-8-36(22-45(40)69)49-79-17-6-18-80-49)52(95)93(55(77)85-63)46(26-99-57(97)87-61(15-16-61)65(74,75)76)35-10-14-43(67)39(20-35)51-84-48(88-90-51)23-60(4,5)29-64(41-11-7-33(21-44(41)68)37-24-83-92(25-37)54(70)71)53(96)94(56(78)86-64)47(27-100-58(98)91-30-62(72,73)31-91)34-9-13-42(66)38(19-34)50-81-32-82-89-50/h6-14,17-22,24-25,32,46-47,54H,15-16,23,26-31H2,1-5H3,(H2,77,85)(H2,78,86)(H,87,97)(H,81,82,89)(H,84,88,90)/t46-,47-,63-,64-/m1/s1. The highest BCUT2D eigenvalue weighted by Crippen LogP contribution is 2.50. The fourth-order valence-electron chi connectivity index (χ4n) is 12.9. The number of hydrogen-bond acceptors (Lipinski definition) is 15. The van der Waals surface area contributed by atoms with E-state index in [-0.39, 0.29) is 96.3 Å². The molecule has 3 aliphatic heterocycles. The normalized spacial score (nSPS) is 19.6. The molecule has 0 spiro atoms. The molecule has 0 bridgehead atoms. The van der Waals surface area contributed by atoms with Crippen LogP contribution in [0.1, 0.15) is 107 Å². The maximum Gasteiger partial charge on any atom is 0.411 e. The molecule has 24 nitrogen and oxygen atoms in total. The minimum Gasteiger partial charge on any atom is -0.447 e. The van der Waals surface area contributed by atoms with Crippen LogP contribution in [0.3, 0.4) is 0 Å². The predicted molar refractivity (Wildman–Crippen MR) is 341 cm³/mol. The van der Waals surface area contributed by atoms with Gasteiger partial charge in [0.05, 0.1) is 41.4 Å². The number of alkyl halides is 7. The number of amides is 4. The van der Waals surface area contributed by atoms with E-state index < -0.39 is 151 Å². The second-order valence-electron chi connectivity index (χ2n) is 26.8. The molecule has 0 radical (unpaired) electrons. The molecule has 524 valence electrons. The summed E-state index contributed by atoms with van der Waals surface area (Å²) in [5.41, 5.74) is -8.44. The summed E-state index contributed by atoms with van der Waals surface area (Å²) in [5.74, 6) is -7.91. The summed E-state index contributed by atoms with van der Waals surface area (Å²) in [7, 11) is 0. The van der Waals surface area contributed by atoms with Crippen LogP contribution in [-0.4, -0.2) is 145 Å². The van der Waals surface area contributed by atoms with Gasteiger partial charge in [0.1, 0.15) is 47.8 Å². The molecular weight excluding hydrogens is 1370 g/mol. The van der Waals surface area contributed by atoms with Gasteiger partial charge in [0.25, 0.3) is 17.7 Å². The molecule has 1 saturated carbocycles. The molecule has 4 atom stereocenters. The summed E-state index contributed by atoms with van der Waals surface area (Å²) >= 11 is 13.6. The van der Waals surface area contributed by atoms with E-state index >= 15 is 18.4 Å². The highest BCUT2D eigenvalue weighted by molar-refractivity contribution is 6.33. The molecule has 100 heavy (non-hydrogen) atoms. The summed E-state index contributed by atoms with van der Waals surface area (Å²) < 4.78 is 144. The van der Waals surface area contributed by atoms with Gasteiger partial charge in [0.2, 0.25) is 0 Å². The molecular formula is C65H61Cl2F9N18O6. The molecule has 35 heteroatoms. The van der Waals surface area contributed by atoms with Gasteiger partial charge in [-0.3, -0.25) is 45.3 Å². The van der Waals surface area contributed by atoms with Crippen LogP contribution in [0.15, 0.2) is 110 Å². The highest BCUT2D eigenvalue weighted by Gasteiger charge is 2.65. The maximum absolute atomic E-state index is 17.4. The molecule has 7 heterocycles. The minimum absolute atomic E-state index is 0.00651. The lowest BCUT2D eigenvalue weighted by molar-refractivity contribution is -0.164. The van der Waals surface area contributed by atoms with Gasteiger partial charge >= 0.3 is 24.9 Å². The lowest BCUT2D eigenvalue weighted by Crippen LogP contribution is -2.58. The number of rotatable bonds is 21. The van der Waals surface area contributed by atoms with Gasteiger partial charge in [-0.05, 0) is 95.7 Å². The van der Waals surface area contributed by atoms with Crippen molar-refractivity contribution in [3.63, 3.8) is 0 Å². The molecule has 4 fully saturated rings. The van der Waals surface area contributed by atoms with Crippen molar-refractivity contribution < 1.29 is 68.2 Å². The zero-order valence-electron chi connectivity index (χ0n) is 53.5. The lowest BCUT2D eigenvalue weighted by atomic mass is 9.72. The van der Waals surface area contributed by atoms with Gasteiger partial charge in [-0.15, -0.1) is 0 Å². The molecule has 12 rings (SSSR count). The van der Waals surface area contributed by atoms with E-state index in [0.717, 1.165) is 39.2 Å². The number of alkyl carbamates (subject to hydrolysis) is 1. The number of nitrogens with zero attached hydrogens (tertiary/aromatic N) is 11. The van der Waals surface area contributed by atoms with Crippen LogP contribution >= 0.6 is 23.2 Å². The molecule has 4 aromatic heterocycles. The largest absolute Gasteiger partial charge is 0.447 e. The van der Waals surface area contributed by atoms with E-state index in [2.05, 4.69) is 51.1 Å². The Bertz CT molecular complexity index is 4520. The van der Waals surface area contributed by atoms with Crippen LogP contribution < -0.4 is 16.0 Å². The predicted octanol–water partition coefficient (Wildman–Crippen LogP) is 12.2. The summed E-state index contributed by atoms with van der Waals surface area (Å²) in [4.78, 5) is 78.1. The minimum atomic E-state index is -4.84. The number of likely N-dealkylation sites (tertiary alicyclic amines) is 1. The second kappa shape index (κ2) is 25.8. The fourth-order valence-corrected chi connectivity index (χ4v) is 13.3. The molecule has 3 saturated heterocycles. The summed E-state index contributed by atoms with van der Waals surface area (Å²) in [6.07, 6.45) is -2.87.